The number of benzene rings is 2. The number of aliphatic hydroxyl groups is 1. The van der Waals surface area contributed by atoms with Crippen molar-refractivity contribution in [2.75, 3.05) is 13.7 Å². The van der Waals surface area contributed by atoms with Crippen LogP contribution in [0.1, 0.15) is 28.9 Å². The number of urea groups is 1. The molecule has 3 N–H and O–H groups in total. The maximum atomic E-state index is 13.9. The van der Waals surface area contributed by atoms with Gasteiger partial charge < -0.3 is 25.2 Å². The number of ether oxygens (including phenoxy) is 2. The zero-order chi connectivity index (χ0) is 22.8. The molecule has 0 unspecified atom stereocenters. The standard InChI is InChI=1S/C21H21F3N2O5/c1-3-31-15-11-13(9-10-14(15)30-2)17-16(18(27)12-7-5-4-6-8-12)20(29,21(22,23)24)26-19(28)25-17/h4-11,16-17,29H,3H2,1-2H3,(H2,25,26,28)/t16-,17+,20+/m0/s1. The van der Waals surface area contributed by atoms with E-state index in [0.29, 0.717) is 5.75 Å². The maximum absolute atomic E-state index is 13.9. The second-order valence-corrected chi connectivity index (χ2v) is 6.89. The highest BCUT2D eigenvalue weighted by molar-refractivity contribution is 6.00. The van der Waals surface area contributed by atoms with Crippen molar-refractivity contribution in [1.82, 2.24) is 10.6 Å². The number of halogens is 3. The Morgan fingerprint density at radius 1 is 1.16 bits per heavy atom. The highest BCUT2D eigenvalue weighted by Crippen LogP contribution is 2.45. The van der Waals surface area contributed by atoms with Gasteiger partial charge in [0.2, 0.25) is 5.72 Å². The molecule has 3 rings (SSSR count). The number of carbonyl (C=O) groups is 2. The average molecular weight is 438 g/mol. The molecule has 0 saturated carbocycles. The molecule has 1 fully saturated rings. The number of nitrogens with one attached hydrogen (secondary N) is 2. The summed E-state index contributed by atoms with van der Waals surface area (Å²) >= 11 is 0. The van der Waals surface area contributed by atoms with Crippen molar-refractivity contribution in [1.29, 1.82) is 0 Å². The second-order valence-electron chi connectivity index (χ2n) is 6.89. The molecule has 2 amide bonds. The lowest BCUT2D eigenvalue weighted by atomic mass is 9.77. The van der Waals surface area contributed by atoms with Crippen LogP contribution in [0, 0.1) is 5.92 Å². The monoisotopic (exact) mass is 438 g/mol. The van der Waals surface area contributed by atoms with Gasteiger partial charge in [-0.05, 0) is 24.6 Å². The van der Waals surface area contributed by atoms with Gasteiger partial charge in [0, 0.05) is 5.56 Å². The van der Waals surface area contributed by atoms with E-state index < -0.39 is 35.7 Å². The summed E-state index contributed by atoms with van der Waals surface area (Å²) in [6.45, 7) is 1.96. The van der Waals surface area contributed by atoms with Crippen LogP contribution >= 0.6 is 0 Å². The number of hydrogen-bond acceptors (Lipinski definition) is 5. The minimum atomic E-state index is -5.33. The predicted octanol–water partition coefficient (Wildman–Crippen LogP) is 3.20. The largest absolute Gasteiger partial charge is 0.493 e. The normalized spacial score (nSPS) is 23.5. The van der Waals surface area contributed by atoms with Gasteiger partial charge in [0.15, 0.2) is 17.3 Å². The van der Waals surface area contributed by atoms with Gasteiger partial charge in [0.25, 0.3) is 0 Å². The van der Waals surface area contributed by atoms with E-state index in [0.717, 1.165) is 0 Å². The highest BCUT2D eigenvalue weighted by atomic mass is 19.4. The number of rotatable bonds is 6. The van der Waals surface area contributed by atoms with Crippen molar-refractivity contribution in [3.63, 3.8) is 0 Å². The molecule has 31 heavy (non-hydrogen) atoms. The molecule has 3 atom stereocenters. The summed E-state index contributed by atoms with van der Waals surface area (Å²) in [7, 11) is 1.40. The Morgan fingerprint density at radius 3 is 2.42 bits per heavy atom. The molecule has 7 nitrogen and oxygen atoms in total. The lowest BCUT2D eigenvalue weighted by molar-refractivity contribution is -0.287. The van der Waals surface area contributed by atoms with Crippen LogP contribution in [0.5, 0.6) is 11.5 Å². The third-order valence-electron chi connectivity index (χ3n) is 4.99. The van der Waals surface area contributed by atoms with Gasteiger partial charge in [0.05, 0.1) is 19.8 Å². The minimum absolute atomic E-state index is 0.0448. The Morgan fingerprint density at radius 2 is 1.84 bits per heavy atom. The number of alkyl halides is 3. The number of ketones is 1. The van der Waals surface area contributed by atoms with Gasteiger partial charge >= 0.3 is 12.2 Å². The molecule has 166 valence electrons. The molecule has 1 heterocycles. The van der Waals surface area contributed by atoms with Gasteiger partial charge in [-0.15, -0.1) is 0 Å². The Hall–Kier alpha value is -3.27. The van der Waals surface area contributed by atoms with E-state index >= 15 is 0 Å². The first-order valence-corrected chi connectivity index (χ1v) is 9.40. The van der Waals surface area contributed by atoms with Crippen LogP contribution in [0.25, 0.3) is 0 Å². The third kappa shape index (κ3) is 4.15. The number of Topliss-reactive ketones (excluding diaryl/α,β-unsaturated/α-hetero) is 1. The fourth-order valence-electron chi connectivity index (χ4n) is 3.55. The fourth-order valence-corrected chi connectivity index (χ4v) is 3.55. The molecule has 1 saturated heterocycles. The lowest BCUT2D eigenvalue weighted by Crippen LogP contribution is -2.72. The lowest BCUT2D eigenvalue weighted by Gasteiger charge is -2.45. The average Bonchev–Trinajstić information content (AvgIpc) is 2.73. The number of amides is 2. The summed E-state index contributed by atoms with van der Waals surface area (Å²) < 4.78 is 52.5. The zero-order valence-corrected chi connectivity index (χ0v) is 16.7. The first-order chi connectivity index (χ1) is 14.6. The van der Waals surface area contributed by atoms with E-state index in [4.69, 9.17) is 9.47 Å². The van der Waals surface area contributed by atoms with Crippen LogP contribution in [-0.4, -0.2) is 42.5 Å². The zero-order valence-electron chi connectivity index (χ0n) is 16.7. The highest BCUT2D eigenvalue weighted by Gasteiger charge is 2.66. The van der Waals surface area contributed by atoms with Crippen LogP contribution in [0.3, 0.4) is 0 Å². The van der Waals surface area contributed by atoms with Gasteiger partial charge in [-0.3, -0.25) is 4.79 Å². The van der Waals surface area contributed by atoms with Gasteiger partial charge in [-0.2, -0.15) is 13.2 Å². The summed E-state index contributed by atoms with van der Waals surface area (Å²) in [5.41, 5.74) is -3.70. The van der Waals surface area contributed by atoms with E-state index in [9.17, 15) is 27.9 Å². The topological polar surface area (TPSA) is 96.9 Å². The van der Waals surface area contributed by atoms with Crippen LogP contribution in [0.4, 0.5) is 18.0 Å². The van der Waals surface area contributed by atoms with E-state index in [1.165, 1.54) is 54.9 Å². The molecule has 2 aromatic carbocycles. The van der Waals surface area contributed by atoms with Crippen molar-refractivity contribution in [2.24, 2.45) is 5.92 Å². The molecule has 0 spiro atoms. The van der Waals surface area contributed by atoms with Gasteiger partial charge in [-0.1, -0.05) is 36.4 Å². The molecule has 0 radical (unpaired) electrons. The Bertz CT molecular complexity index is 967. The van der Waals surface area contributed by atoms with Crippen molar-refractivity contribution in [3.8, 4) is 11.5 Å². The van der Waals surface area contributed by atoms with Crippen LogP contribution in [0.15, 0.2) is 48.5 Å². The molecule has 1 aliphatic rings. The molecule has 0 aromatic heterocycles. The summed E-state index contributed by atoms with van der Waals surface area (Å²) in [6, 6.07) is 8.72. The first-order valence-electron chi connectivity index (χ1n) is 9.40. The second kappa shape index (κ2) is 8.46. The van der Waals surface area contributed by atoms with E-state index in [1.54, 1.807) is 13.0 Å². The van der Waals surface area contributed by atoms with E-state index in [2.05, 4.69) is 5.32 Å². The van der Waals surface area contributed by atoms with E-state index in [1.807, 2.05) is 0 Å². The van der Waals surface area contributed by atoms with Crippen LogP contribution in [-0.2, 0) is 0 Å². The Kier molecular flexibility index (Phi) is 6.12. The maximum Gasteiger partial charge on any atom is 0.437 e. The van der Waals surface area contributed by atoms with Crippen molar-refractivity contribution in [3.05, 3.63) is 59.7 Å². The fraction of sp³-hybridized carbons (Fsp3) is 0.333. The minimum Gasteiger partial charge on any atom is -0.493 e. The number of carbonyl (C=O) groups excluding carboxylic acids is 2. The smallest absolute Gasteiger partial charge is 0.437 e. The van der Waals surface area contributed by atoms with Crippen LogP contribution < -0.4 is 20.1 Å². The summed E-state index contributed by atoms with van der Waals surface area (Å²) in [5, 5.41) is 14.4. The predicted molar refractivity (Wildman–Crippen MR) is 104 cm³/mol. The van der Waals surface area contributed by atoms with Crippen LogP contribution in [0.2, 0.25) is 0 Å². The molecule has 10 heteroatoms. The van der Waals surface area contributed by atoms with E-state index in [-0.39, 0.29) is 23.5 Å². The molecule has 0 aliphatic carbocycles. The molecule has 0 bridgehead atoms. The molecule has 2 aromatic rings. The van der Waals surface area contributed by atoms with Crippen molar-refractivity contribution < 1.29 is 37.3 Å². The van der Waals surface area contributed by atoms with Gasteiger partial charge in [0.1, 0.15) is 5.92 Å². The number of methoxy groups -OCH3 is 1. The third-order valence-corrected chi connectivity index (χ3v) is 4.99. The van der Waals surface area contributed by atoms with Gasteiger partial charge in [-0.25, -0.2) is 4.79 Å². The summed E-state index contributed by atoms with van der Waals surface area (Å²) in [4.78, 5) is 25.3. The molecular weight excluding hydrogens is 417 g/mol. The Balaban J connectivity index is 2.17. The SMILES string of the molecule is CCOc1cc([C@H]2NC(=O)N[C@](O)(C(F)(F)F)[C@@H]2C(=O)c2ccccc2)ccc1OC. The summed E-state index contributed by atoms with van der Waals surface area (Å²) in [6.07, 6.45) is -5.33. The quantitative estimate of drug-likeness (QED) is 0.602. The molecular formula is C21H21F3N2O5. The van der Waals surface area contributed by atoms with Crippen molar-refractivity contribution in [2.45, 2.75) is 24.9 Å². The number of hydrogen-bond donors (Lipinski definition) is 3. The van der Waals surface area contributed by atoms with Crippen molar-refractivity contribution >= 4 is 11.8 Å². The Labute approximate surface area is 176 Å². The molecule has 1 aliphatic heterocycles. The summed E-state index contributed by atoms with van der Waals surface area (Å²) in [5.74, 6) is -2.57. The first kappa shape index (κ1) is 22.4.